The Morgan fingerprint density at radius 1 is 1.38 bits per heavy atom. The Balaban J connectivity index is 3.12. The molecule has 0 heterocycles. The van der Waals surface area contributed by atoms with Gasteiger partial charge in [0.1, 0.15) is 11.6 Å². The normalized spacial score (nSPS) is 9.46. The Morgan fingerprint density at radius 3 is 2.38 bits per heavy atom. The van der Waals surface area contributed by atoms with Crippen molar-refractivity contribution in [1.29, 1.82) is 0 Å². The van der Waals surface area contributed by atoms with Gasteiger partial charge >= 0.3 is 0 Å². The summed E-state index contributed by atoms with van der Waals surface area (Å²) in [6, 6.07) is 2.40. The van der Waals surface area contributed by atoms with Gasteiger partial charge in [-0.05, 0) is 30.2 Å². The molecule has 0 unspecified atom stereocenters. The summed E-state index contributed by atoms with van der Waals surface area (Å²) in [5, 5.41) is 3.09. The highest BCUT2D eigenvalue weighted by atomic mass is 19.1. The average Bonchev–Trinajstić information content (AvgIpc) is 2.02. The molecule has 5 heteroatoms. The summed E-state index contributed by atoms with van der Waals surface area (Å²) >= 11 is 0. The third kappa shape index (κ3) is 2.16. The first-order valence-corrected chi connectivity index (χ1v) is 3.60. The fourth-order valence-corrected chi connectivity index (χ4v) is 0.983. The van der Waals surface area contributed by atoms with Crippen LogP contribution < -0.4 is 0 Å². The van der Waals surface area contributed by atoms with E-state index in [1.54, 1.807) is 6.92 Å². The van der Waals surface area contributed by atoms with Gasteiger partial charge in [-0.2, -0.15) is 0 Å². The van der Waals surface area contributed by atoms with Crippen molar-refractivity contribution in [3.63, 3.8) is 0 Å². The zero-order valence-electron chi connectivity index (χ0n) is 6.96. The van der Waals surface area contributed by atoms with E-state index in [-0.39, 0.29) is 12.1 Å². The van der Waals surface area contributed by atoms with E-state index in [4.69, 9.17) is 5.53 Å². The number of hydrogen-bond acceptors (Lipinski definition) is 1. The third-order valence-electron chi connectivity index (χ3n) is 1.58. The van der Waals surface area contributed by atoms with E-state index in [0.717, 1.165) is 0 Å². The highest BCUT2D eigenvalue weighted by Crippen LogP contribution is 2.15. The number of benzene rings is 1. The number of halogens is 2. The minimum absolute atomic E-state index is 0.191. The molecule has 68 valence electrons. The zero-order chi connectivity index (χ0) is 9.84. The monoisotopic (exact) mass is 183 g/mol. The molecular weight excluding hydrogens is 176 g/mol. The van der Waals surface area contributed by atoms with Gasteiger partial charge in [0.15, 0.2) is 0 Å². The Kier molecular flexibility index (Phi) is 2.82. The number of hydrogen-bond donors (Lipinski definition) is 0. The zero-order valence-corrected chi connectivity index (χ0v) is 6.96. The van der Waals surface area contributed by atoms with Gasteiger partial charge in [-0.1, -0.05) is 5.11 Å². The van der Waals surface area contributed by atoms with Crippen LogP contribution in [0.3, 0.4) is 0 Å². The molecule has 0 amide bonds. The molecule has 0 saturated carbocycles. The third-order valence-corrected chi connectivity index (χ3v) is 1.58. The maximum Gasteiger partial charge on any atom is 0.129 e. The second-order valence-electron chi connectivity index (χ2n) is 2.60. The first kappa shape index (κ1) is 9.48. The van der Waals surface area contributed by atoms with Crippen molar-refractivity contribution >= 4 is 0 Å². The lowest BCUT2D eigenvalue weighted by Gasteiger charge is -2.02. The van der Waals surface area contributed by atoms with Gasteiger partial charge in [-0.15, -0.1) is 0 Å². The molecule has 13 heavy (non-hydrogen) atoms. The lowest BCUT2D eigenvalue weighted by Crippen LogP contribution is -1.94. The van der Waals surface area contributed by atoms with E-state index in [9.17, 15) is 8.78 Å². The van der Waals surface area contributed by atoms with Crippen LogP contribution in [0.5, 0.6) is 0 Å². The average molecular weight is 183 g/mol. The molecule has 0 atom stereocenters. The highest BCUT2D eigenvalue weighted by molar-refractivity contribution is 5.25. The van der Waals surface area contributed by atoms with Crippen molar-refractivity contribution in [2.24, 2.45) is 5.11 Å². The summed E-state index contributed by atoms with van der Waals surface area (Å²) < 4.78 is 26.0. The van der Waals surface area contributed by atoms with E-state index in [2.05, 4.69) is 10.0 Å². The van der Waals surface area contributed by atoms with Crippen LogP contribution in [0.4, 0.5) is 8.78 Å². The van der Waals surface area contributed by atoms with Crippen molar-refractivity contribution in [3.05, 3.63) is 45.3 Å². The van der Waals surface area contributed by atoms with Crippen LogP contribution >= 0.6 is 0 Å². The van der Waals surface area contributed by atoms with Crippen molar-refractivity contribution < 1.29 is 8.78 Å². The molecule has 0 bridgehead atoms. The van der Waals surface area contributed by atoms with Crippen molar-refractivity contribution in [2.45, 2.75) is 13.5 Å². The molecule has 1 aromatic carbocycles. The summed E-state index contributed by atoms with van der Waals surface area (Å²) in [5.74, 6) is -1.35. The Morgan fingerprint density at radius 2 is 1.92 bits per heavy atom. The molecule has 0 saturated heterocycles. The van der Waals surface area contributed by atoms with Crippen LogP contribution in [-0.4, -0.2) is 0 Å². The van der Waals surface area contributed by atoms with Crippen LogP contribution in [0.25, 0.3) is 10.4 Å². The van der Waals surface area contributed by atoms with Crippen molar-refractivity contribution in [1.82, 2.24) is 0 Å². The van der Waals surface area contributed by atoms with E-state index >= 15 is 0 Å². The van der Waals surface area contributed by atoms with Crippen LogP contribution in [0.1, 0.15) is 11.1 Å². The fraction of sp³-hybridized carbons (Fsp3) is 0.250. The standard InChI is InChI=1S/C8H7F2N3/c1-5-2-7(9)6(4-12-13-11)8(10)3-5/h2-3H,4H2,1H3. The second-order valence-corrected chi connectivity index (χ2v) is 2.60. The van der Waals surface area contributed by atoms with Crippen LogP contribution in [-0.2, 0) is 6.54 Å². The topological polar surface area (TPSA) is 48.8 Å². The molecule has 0 aromatic heterocycles. The summed E-state index contributed by atoms with van der Waals surface area (Å²) in [7, 11) is 0. The van der Waals surface area contributed by atoms with Crippen molar-refractivity contribution in [2.75, 3.05) is 0 Å². The molecule has 3 nitrogen and oxygen atoms in total. The summed E-state index contributed by atoms with van der Waals surface area (Å²) in [4.78, 5) is 2.43. The summed E-state index contributed by atoms with van der Waals surface area (Å²) in [6.45, 7) is 1.29. The first-order valence-electron chi connectivity index (χ1n) is 3.60. The predicted octanol–water partition coefficient (Wildman–Crippen LogP) is 3.08. The molecule has 1 aromatic rings. The molecule has 0 fully saturated rings. The smallest absolute Gasteiger partial charge is 0.129 e. The minimum atomic E-state index is -0.676. The van der Waals surface area contributed by atoms with Gasteiger partial charge in [0.2, 0.25) is 0 Å². The van der Waals surface area contributed by atoms with Gasteiger partial charge in [0, 0.05) is 10.5 Å². The Hall–Kier alpha value is -1.61. The van der Waals surface area contributed by atoms with Gasteiger partial charge in [-0.25, -0.2) is 8.78 Å². The van der Waals surface area contributed by atoms with E-state index in [0.29, 0.717) is 5.56 Å². The maximum absolute atomic E-state index is 13.0. The fourth-order valence-electron chi connectivity index (χ4n) is 0.983. The van der Waals surface area contributed by atoms with Crippen LogP contribution in [0.15, 0.2) is 17.2 Å². The lowest BCUT2D eigenvalue weighted by atomic mass is 10.1. The number of azide groups is 1. The summed E-state index contributed by atoms with van der Waals surface area (Å²) in [5.41, 5.74) is 8.29. The van der Waals surface area contributed by atoms with E-state index < -0.39 is 11.6 Å². The molecule has 0 radical (unpaired) electrons. The quantitative estimate of drug-likeness (QED) is 0.384. The summed E-state index contributed by atoms with van der Waals surface area (Å²) in [6.07, 6.45) is 0. The molecular formula is C8H7F2N3. The molecule has 0 aliphatic carbocycles. The molecule has 0 aliphatic heterocycles. The van der Waals surface area contributed by atoms with Crippen LogP contribution in [0, 0.1) is 18.6 Å². The second kappa shape index (κ2) is 3.87. The predicted molar refractivity (Wildman–Crippen MR) is 43.9 cm³/mol. The Bertz CT molecular complexity index is 347. The van der Waals surface area contributed by atoms with Gasteiger partial charge in [-0.3, -0.25) is 0 Å². The van der Waals surface area contributed by atoms with Crippen molar-refractivity contribution in [3.8, 4) is 0 Å². The van der Waals surface area contributed by atoms with Gasteiger partial charge in [0.25, 0.3) is 0 Å². The minimum Gasteiger partial charge on any atom is -0.207 e. The number of aryl methyl sites for hydroxylation is 1. The molecule has 0 N–H and O–H groups in total. The van der Waals surface area contributed by atoms with Crippen LogP contribution in [0.2, 0.25) is 0 Å². The van der Waals surface area contributed by atoms with Gasteiger partial charge < -0.3 is 0 Å². The first-order chi connectivity index (χ1) is 6.15. The lowest BCUT2D eigenvalue weighted by molar-refractivity contribution is 0.555. The molecule has 0 spiro atoms. The van der Waals surface area contributed by atoms with E-state index in [1.807, 2.05) is 0 Å². The molecule has 0 aliphatic rings. The highest BCUT2D eigenvalue weighted by Gasteiger charge is 2.08. The number of rotatable bonds is 2. The largest absolute Gasteiger partial charge is 0.207 e. The number of nitrogens with zero attached hydrogens (tertiary/aromatic N) is 3. The van der Waals surface area contributed by atoms with Gasteiger partial charge in [0.05, 0.1) is 6.54 Å². The molecule has 1 rings (SSSR count). The maximum atomic E-state index is 13.0. The Labute approximate surface area is 73.6 Å². The van der Waals surface area contributed by atoms with E-state index in [1.165, 1.54) is 12.1 Å². The SMILES string of the molecule is Cc1cc(F)c(CN=[N+]=[N-])c(F)c1.